The summed E-state index contributed by atoms with van der Waals surface area (Å²) in [4.78, 5) is 0. The predicted molar refractivity (Wildman–Crippen MR) is 76.6 cm³/mol. The van der Waals surface area contributed by atoms with E-state index in [1.165, 1.54) is 11.5 Å². The van der Waals surface area contributed by atoms with Gasteiger partial charge in [0, 0.05) is 28.1 Å². The summed E-state index contributed by atoms with van der Waals surface area (Å²) < 4.78 is 5.41. The van der Waals surface area contributed by atoms with Crippen molar-refractivity contribution in [3.63, 3.8) is 0 Å². The summed E-state index contributed by atoms with van der Waals surface area (Å²) in [5.74, 6) is 10.2. The molecule has 1 heterocycles. The van der Waals surface area contributed by atoms with Gasteiger partial charge in [0.25, 0.3) is 0 Å². The Morgan fingerprint density at radius 3 is 2.88 bits per heavy atom. The van der Waals surface area contributed by atoms with Crippen molar-refractivity contribution < 1.29 is 4.74 Å². The van der Waals surface area contributed by atoms with Crippen LogP contribution in [0.4, 0.5) is 0 Å². The van der Waals surface area contributed by atoms with Crippen molar-refractivity contribution in [2.45, 2.75) is 11.3 Å². The van der Waals surface area contributed by atoms with Crippen LogP contribution < -0.4 is 16.0 Å². The van der Waals surface area contributed by atoms with E-state index in [2.05, 4.69) is 11.5 Å². The Hall–Kier alpha value is -0.360. The Labute approximate surface area is 111 Å². The number of benzene rings is 1. The van der Waals surface area contributed by atoms with E-state index in [1.807, 2.05) is 41.7 Å². The van der Waals surface area contributed by atoms with Crippen molar-refractivity contribution in [2.75, 3.05) is 24.4 Å². The average molecular weight is 270 g/mol. The van der Waals surface area contributed by atoms with Crippen LogP contribution in [0.2, 0.25) is 0 Å². The van der Waals surface area contributed by atoms with Crippen molar-refractivity contribution in [1.29, 1.82) is 0 Å². The van der Waals surface area contributed by atoms with Gasteiger partial charge in [0.2, 0.25) is 0 Å². The number of para-hydroxylation sites is 1. The molecule has 0 saturated carbocycles. The summed E-state index contributed by atoms with van der Waals surface area (Å²) in [5, 5.41) is 0.509. The number of ether oxygens (including phenoxy) is 1. The van der Waals surface area contributed by atoms with Crippen molar-refractivity contribution in [1.82, 2.24) is 5.43 Å². The van der Waals surface area contributed by atoms with Gasteiger partial charge in [0.1, 0.15) is 5.75 Å². The first-order valence-corrected chi connectivity index (χ1v) is 7.85. The average Bonchev–Trinajstić information content (AvgIpc) is 2.41. The molecule has 0 radical (unpaired) electrons. The van der Waals surface area contributed by atoms with Crippen LogP contribution in [0.5, 0.6) is 5.75 Å². The third kappa shape index (κ3) is 3.10. The number of methoxy groups -OCH3 is 1. The van der Waals surface area contributed by atoms with Gasteiger partial charge >= 0.3 is 0 Å². The summed E-state index contributed by atoms with van der Waals surface area (Å²) in [6.45, 7) is 0. The Morgan fingerprint density at radius 1 is 1.41 bits per heavy atom. The molecular formula is C12H18N2OS2. The second kappa shape index (κ2) is 6.54. The van der Waals surface area contributed by atoms with Gasteiger partial charge in [0.15, 0.2) is 0 Å². The minimum absolute atomic E-state index is 0.156. The Bertz CT molecular complexity index is 356. The fourth-order valence-corrected chi connectivity index (χ4v) is 4.86. The summed E-state index contributed by atoms with van der Waals surface area (Å²) in [6.07, 6.45) is 0. The van der Waals surface area contributed by atoms with E-state index in [4.69, 9.17) is 10.6 Å². The fourth-order valence-electron chi connectivity index (χ4n) is 2.02. The minimum atomic E-state index is 0.156. The molecule has 0 amide bonds. The maximum atomic E-state index is 5.73. The SMILES string of the molecule is COc1ccccc1C(NN)C1CSCCS1. The molecule has 5 heteroatoms. The molecule has 2 rings (SSSR count). The van der Waals surface area contributed by atoms with Gasteiger partial charge in [-0.15, -0.1) is 0 Å². The zero-order valence-corrected chi connectivity index (χ0v) is 11.5. The summed E-state index contributed by atoms with van der Waals surface area (Å²) in [7, 11) is 1.70. The van der Waals surface area contributed by atoms with E-state index in [9.17, 15) is 0 Å². The summed E-state index contributed by atoms with van der Waals surface area (Å²) >= 11 is 3.99. The first-order chi connectivity index (χ1) is 8.36. The molecule has 1 aromatic rings. The lowest BCUT2D eigenvalue weighted by Crippen LogP contribution is -2.37. The highest BCUT2D eigenvalue weighted by Crippen LogP contribution is 2.36. The molecule has 0 bridgehead atoms. The zero-order valence-electron chi connectivity index (χ0n) is 9.89. The molecule has 2 unspecified atom stereocenters. The van der Waals surface area contributed by atoms with Crippen LogP contribution in [0.15, 0.2) is 24.3 Å². The van der Waals surface area contributed by atoms with E-state index in [-0.39, 0.29) is 6.04 Å². The van der Waals surface area contributed by atoms with Crippen LogP contribution in [0.1, 0.15) is 11.6 Å². The van der Waals surface area contributed by atoms with Gasteiger partial charge in [-0.1, -0.05) is 18.2 Å². The fraction of sp³-hybridized carbons (Fsp3) is 0.500. The molecule has 3 N–H and O–H groups in total. The molecular weight excluding hydrogens is 252 g/mol. The van der Waals surface area contributed by atoms with E-state index in [0.717, 1.165) is 17.1 Å². The van der Waals surface area contributed by atoms with Crippen LogP contribution in [-0.4, -0.2) is 29.6 Å². The third-order valence-electron chi connectivity index (χ3n) is 2.87. The van der Waals surface area contributed by atoms with Gasteiger partial charge in [-0.05, 0) is 6.07 Å². The number of thioether (sulfide) groups is 2. The number of nitrogens with two attached hydrogens (primary N) is 1. The minimum Gasteiger partial charge on any atom is -0.496 e. The molecule has 1 aliphatic heterocycles. The van der Waals surface area contributed by atoms with Crippen molar-refractivity contribution >= 4 is 23.5 Å². The molecule has 1 saturated heterocycles. The molecule has 0 aliphatic carbocycles. The van der Waals surface area contributed by atoms with Gasteiger partial charge in [0.05, 0.1) is 13.2 Å². The number of hydrogen-bond donors (Lipinski definition) is 2. The number of hydrogen-bond acceptors (Lipinski definition) is 5. The number of rotatable bonds is 4. The van der Waals surface area contributed by atoms with E-state index < -0.39 is 0 Å². The van der Waals surface area contributed by atoms with Crippen molar-refractivity contribution in [2.24, 2.45) is 5.84 Å². The molecule has 3 nitrogen and oxygen atoms in total. The monoisotopic (exact) mass is 270 g/mol. The molecule has 1 aromatic carbocycles. The number of hydrazine groups is 1. The second-order valence-corrected chi connectivity index (χ2v) is 6.37. The maximum Gasteiger partial charge on any atom is 0.123 e. The van der Waals surface area contributed by atoms with Gasteiger partial charge < -0.3 is 4.74 Å². The van der Waals surface area contributed by atoms with Crippen molar-refractivity contribution in [3.05, 3.63) is 29.8 Å². The third-order valence-corrected chi connectivity index (χ3v) is 5.73. The topological polar surface area (TPSA) is 47.3 Å². The molecule has 0 aromatic heterocycles. The van der Waals surface area contributed by atoms with E-state index >= 15 is 0 Å². The number of nitrogens with one attached hydrogen (secondary N) is 1. The Balaban J connectivity index is 2.21. The largest absolute Gasteiger partial charge is 0.496 e. The Kier molecular flexibility index (Phi) is 5.03. The molecule has 1 fully saturated rings. The highest BCUT2D eigenvalue weighted by molar-refractivity contribution is 8.06. The summed E-state index contributed by atoms with van der Waals surface area (Å²) in [6, 6.07) is 8.24. The van der Waals surface area contributed by atoms with Crippen molar-refractivity contribution in [3.8, 4) is 5.75 Å². The first-order valence-electron chi connectivity index (χ1n) is 5.65. The van der Waals surface area contributed by atoms with Gasteiger partial charge in [-0.2, -0.15) is 23.5 Å². The lowest BCUT2D eigenvalue weighted by molar-refractivity contribution is 0.399. The van der Waals surface area contributed by atoms with Crippen LogP contribution in [0.3, 0.4) is 0 Å². The van der Waals surface area contributed by atoms with Gasteiger partial charge in [-0.25, -0.2) is 0 Å². The lowest BCUT2D eigenvalue weighted by atomic mass is 10.0. The second-order valence-electron chi connectivity index (χ2n) is 3.87. The van der Waals surface area contributed by atoms with Crippen LogP contribution in [-0.2, 0) is 0 Å². The van der Waals surface area contributed by atoms with E-state index in [1.54, 1.807) is 7.11 Å². The first kappa shape index (κ1) is 13.1. The Morgan fingerprint density at radius 2 is 2.24 bits per heavy atom. The molecule has 17 heavy (non-hydrogen) atoms. The van der Waals surface area contributed by atoms with Crippen LogP contribution in [0, 0.1) is 0 Å². The molecule has 1 aliphatic rings. The van der Waals surface area contributed by atoms with Crippen LogP contribution >= 0.6 is 23.5 Å². The highest BCUT2D eigenvalue weighted by atomic mass is 32.2. The molecule has 2 atom stereocenters. The highest BCUT2D eigenvalue weighted by Gasteiger charge is 2.27. The molecule has 0 spiro atoms. The standard InChI is InChI=1S/C12H18N2OS2/c1-15-10-5-3-2-4-9(10)12(14-13)11-8-16-6-7-17-11/h2-5,11-12,14H,6-8,13H2,1H3. The quantitative estimate of drug-likeness (QED) is 0.648. The van der Waals surface area contributed by atoms with Crippen LogP contribution in [0.25, 0.3) is 0 Å². The zero-order chi connectivity index (χ0) is 12.1. The summed E-state index contributed by atoms with van der Waals surface area (Å²) in [5.41, 5.74) is 4.10. The van der Waals surface area contributed by atoms with Gasteiger partial charge in [-0.3, -0.25) is 11.3 Å². The predicted octanol–water partition coefficient (Wildman–Crippen LogP) is 2.05. The normalized spacial score (nSPS) is 22.1. The maximum absolute atomic E-state index is 5.73. The lowest BCUT2D eigenvalue weighted by Gasteiger charge is -2.30. The smallest absolute Gasteiger partial charge is 0.123 e. The molecule has 94 valence electrons. The van der Waals surface area contributed by atoms with E-state index in [0.29, 0.717) is 5.25 Å².